The molecule has 4 rings (SSSR count). The number of aryl methyl sites for hydroxylation is 1. The number of anilines is 1. The first kappa shape index (κ1) is 35.4. The van der Waals surface area contributed by atoms with Gasteiger partial charge in [-0.3, -0.25) is 14.7 Å². The number of benzene rings is 1. The van der Waals surface area contributed by atoms with Crippen molar-refractivity contribution in [2.45, 2.75) is 42.6 Å². The summed E-state index contributed by atoms with van der Waals surface area (Å²) in [6, 6.07) is 10.8. The summed E-state index contributed by atoms with van der Waals surface area (Å²) in [6.07, 6.45) is -5.26. The molecule has 1 aromatic carbocycles. The van der Waals surface area contributed by atoms with Crippen LogP contribution in [-0.2, 0) is 30.8 Å². The summed E-state index contributed by atoms with van der Waals surface area (Å²) in [7, 11) is -1.66. The maximum Gasteiger partial charge on any atom is 0.490 e. The second-order valence-corrected chi connectivity index (χ2v) is 11.4. The van der Waals surface area contributed by atoms with E-state index in [2.05, 4.69) is 4.98 Å². The van der Waals surface area contributed by atoms with Crippen molar-refractivity contribution in [2.75, 3.05) is 38.1 Å². The Kier molecular flexibility index (Phi) is 11.3. The highest BCUT2D eigenvalue weighted by Gasteiger charge is 2.50. The lowest BCUT2D eigenvalue weighted by Gasteiger charge is -2.46. The Morgan fingerprint density at radius 1 is 0.977 bits per heavy atom. The van der Waals surface area contributed by atoms with Gasteiger partial charge in [-0.2, -0.15) is 30.6 Å². The quantitative estimate of drug-likeness (QED) is 0.480. The molecule has 2 N–H and O–H groups in total. The number of hydrogen-bond donors (Lipinski definition) is 2. The largest absolute Gasteiger partial charge is 0.490 e. The van der Waals surface area contributed by atoms with Crippen LogP contribution in [0.3, 0.4) is 0 Å². The molecule has 1 unspecified atom stereocenters. The standard InChI is InChI=1S/C21H26N4O3S.2C2HF3O2/c1-3-17-6-8-19(9-7-17)29(27,28)24-12-10-21(15-24)16-25(20(26)14-23(21)2)18-5-4-11-22-13-18;2*3-2(4,5)1(6)7/h4-9,11,13H,3,10,12,14-16H2,1-2H3;2*(H,6,7). The van der Waals surface area contributed by atoms with E-state index in [0.717, 1.165) is 17.7 Å². The molecule has 43 heavy (non-hydrogen) atoms. The van der Waals surface area contributed by atoms with Gasteiger partial charge in [0.25, 0.3) is 0 Å². The molecule has 2 aromatic rings. The minimum absolute atomic E-state index is 0.00239. The molecule has 11 nitrogen and oxygen atoms in total. The van der Waals surface area contributed by atoms with Crippen molar-refractivity contribution in [3.05, 3.63) is 54.4 Å². The highest BCUT2D eigenvalue weighted by molar-refractivity contribution is 7.89. The second kappa shape index (κ2) is 13.7. The normalized spacial score (nSPS) is 19.7. The molecule has 0 bridgehead atoms. The molecule has 3 heterocycles. The molecule has 18 heteroatoms. The van der Waals surface area contributed by atoms with Crippen LogP contribution in [0.4, 0.5) is 32.0 Å². The van der Waals surface area contributed by atoms with Crippen molar-refractivity contribution in [1.29, 1.82) is 0 Å². The number of pyridine rings is 1. The second-order valence-electron chi connectivity index (χ2n) is 9.46. The molecule has 1 amide bonds. The predicted octanol–water partition coefficient (Wildman–Crippen LogP) is 3.02. The molecule has 0 aliphatic carbocycles. The lowest BCUT2D eigenvalue weighted by molar-refractivity contribution is -0.193. The molecule has 0 saturated carbocycles. The minimum Gasteiger partial charge on any atom is -0.475 e. The Balaban J connectivity index is 0.000000384. The molecule has 2 aliphatic heterocycles. The predicted molar refractivity (Wildman–Crippen MR) is 139 cm³/mol. The van der Waals surface area contributed by atoms with Crippen LogP contribution >= 0.6 is 0 Å². The number of halogens is 6. The summed E-state index contributed by atoms with van der Waals surface area (Å²) < 4.78 is 91.4. The maximum atomic E-state index is 13.2. The molecule has 2 fully saturated rings. The van der Waals surface area contributed by atoms with E-state index in [1.807, 2.05) is 37.1 Å². The number of carbonyl (C=O) groups is 3. The van der Waals surface area contributed by atoms with Gasteiger partial charge in [0.05, 0.1) is 28.9 Å². The van der Waals surface area contributed by atoms with Gasteiger partial charge in [0.1, 0.15) is 0 Å². The fourth-order valence-corrected chi connectivity index (χ4v) is 5.74. The third kappa shape index (κ3) is 9.11. The number of alkyl halides is 6. The molecule has 2 saturated heterocycles. The van der Waals surface area contributed by atoms with E-state index in [-0.39, 0.29) is 12.5 Å². The van der Waals surface area contributed by atoms with Gasteiger partial charge in [-0.25, -0.2) is 18.0 Å². The number of aromatic nitrogens is 1. The number of piperazine rings is 1. The smallest absolute Gasteiger partial charge is 0.475 e. The number of hydrogen-bond acceptors (Lipinski definition) is 7. The van der Waals surface area contributed by atoms with Crippen molar-refractivity contribution in [3.63, 3.8) is 0 Å². The Bertz CT molecular complexity index is 1370. The molecule has 238 valence electrons. The molecular weight excluding hydrogens is 614 g/mol. The number of carboxylic acids is 2. The molecule has 1 spiro atoms. The van der Waals surface area contributed by atoms with Crippen molar-refractivity contribution >= 4 is 33.6 Å². The van der Waals surface area contributed by atoms with Gasteiger partial charge in [-0.1, -0.05) is 19.1 Å². The summed E-state index contributed by atoms with van der Waals surface area (Å²) in [5.41, 5.74) is 1.46. The molecule has 2 aliphatic rings. The van der Waals surface area contributed by atoms with E-state index >= 15 is 0 Å². The number of amides is 1. The Labute approximate surface area is 242 Å². The monoisotopic (exact) mass is 642 g/mol. The Morgan fingerprint density at radius 2 is 1.51 bits per heavy atom. The molecule has 1 aromatic heterocycles. The SMILES string of the molecule is CCc1ccc(S(=O)(=O)N2CCC3(CN(c4cccnc4)C(=O)CN3C)C2)cc1.O=C(O)C(F)(F)F.O=C(O)C(F)(F)F. The Hall–Kier alpha value is -3.77. The number of aliphatic carboxylic acids is 2. The number of carboxylic acid groups (broad SMARTS) is 2. The molecular formula is C25H28F6N4O7S. The van der Waals surface area contributed by atoms with Crippen LogP contribution < -0.4 is 4.90 Å². The topological polar surface area (TPSA) is 148 Å². The third-order valence-electron chi connectivity index (χ3n) is 6.64. The fraction of sp³-hybridized carbons (Fsp3) is 0.440. The van der Waals surface area contributed by atoms with Crippen molar-refractivity contribution in [1.82, 2.24) is 14.2 Å². The van der Waals surface area contributed by atoms with Crippen LogP contribution in [0.5, 0.6) is 0 Å². The van der Waals surface area contributed by atoms with Crippen molar-refractivity contribution in [2.24, 2.45) is 0 Å². The van der Waals surface area contributed by atoms with Gasteiger partial charge in [0.15, 0.2) is 0 Å². The average molecular weight is 643 g/mol. The van der Waals surface area contributed by atoms with Crippen molar-refractivity contribution < 1.29 is 59.4 Å². The number of rotatable bonds is 4. The summed E-state index contributed by atoms with van der Waals surface area (Å²) in [5, 5.41) is 14.2. The Morgan fingerprint density at radius 3 is 1.95 bits per heavy atom. The number of likely N-dealkylation sites (N-methyl/N-ethyl adjacent to an activating group) is 1. The van der Waals surface area contributed by atoms with E-state index in [0.29, 0.717) is 31.0 Å². The van der Waals surface area contributed by atoms with Gasteiger partial charge >= 0.3 is 24.3 Å². The van der Waals surface area contributed by atoms with E-state index < -0.39 is 39.9 Å². The van der Waals surface area contributed by atoms with E-state index in [4.69, 9.17) is 19.8 Å². The van der Waals surface area contributed by atoms with Gasteiger partial charge in [-0.05, 0) is 49.7 Å². The van der Waals surface area contributed by atoms with Gasteiger partial charge < -0.3 is 15.1 Å². The highest BCUT2D eigenvalue weighted by atomic mass is 32.2. The first-order chi connectivity index (χ1) is 19.7. The maximum absolute atomic E-state index is 13.2. The molecule has 0 radical (unpaired) electrons. The van der Waals surface area contributed by atoms with Crippen LogP contribution in [0.25, 0.3) is 0 Å². The van der Waals surface area contributed by atoms with E-state index in [1.165, 1.54) is 0 Å². The first-order valence-electron chi connectivity index (χ1n) is 12.4. The van der Waals surface area contributed by atoms with Gasteiger partial charge in [0, 0.05) is 25.8 Å². The van der Waals surface area contributed by atoms with E-state index in [1.54, 1.807) is 39.8 Å². The number of carbonyl (C=O) groups excluding carboxylic acids is 1. The molecule has 1 atom stereocenters. The number of sulfonamides is 1. The number of nitrogens with zero attached hydrogens (tertiary/aromatic N) is 4. The van der Waals surface area contributed by atoms with Crippen LogP contribution in [0, 0.1) is 0 Å². The zero-order valence-corrected chi connectivity index (χ0v) is 23.6. The van der Waals surface area contributed by atoms with Crippen LogP contribution in [0.2, 0.25) is 0 Å². The van der Waals surface area contributed by atoms with E-state index in [9.17, 15) is 39.6 Å². The van der Waals surface area contributed by atoms with Crippen LogP contribution in [0.1, 0.15) is 18.9 Å². The zero-order chi connectivity index (χ0) is 32.8. The zero-order valence-electron chi connectivity index (χ0n) is 22.8. The fourth-order valence-electron chi connectivity index (χ4n) is 4.22. The van der Waals surface area contributed by atoms with Crippen LogP contribution in [-0.4, -0.2) is 102 Å². The lowest BCUT2D eigenvalue weighted by atomic mass is 9.93. The summed E-state index contributed by atoms with van der Waals surface area (Å²) in [6.45, 7) is 3.56. The third-order valence-corrected chi connectivity index (χ3v) is 8.50. The minimum atomic E-state index is -5.08. The van der Waals surface area contributed by atoms with Gasteiger partial charge in [-0.15, -0.1) is 0 Å². The lowest BCUT2D eigenvalue weighted by Crippen LogP contribution is -2.64. The van der Waals surface area contributed by atoms with Gasteiger partial charge in [0.2, 0.25) is 15.9 Å². The summed E-state index contributed by atoms with van der Waals surface area (Å²) in [5.74, 6) is -5.51. The first-order valence-corrected chi connectivity index (χ1v) is 13.8. The highest BCUT2D eigenvalue weighted by Crippen LogP contribution is 2.35. The van der Waals surface area contributed by atoms with Crippen molar-refractivity contribution in [3.8, 4) is 0 Å². The summed E-state index contributed by atoms with van der Waals surface area (Å²) >= 11 is 0. The van der Waals surface area contributed by atoms with Crippen LogP contribution in [0.15, 0.2) is 53.7 Å². The average Bonchev–Trinajstić information content (AvgIpc) is 3.37. The summed E-state index contributed by atoms with van der Waals surface area (Å²) in [4.78, 5) is 38.6.